The van der Waals surface area contributed by atoms with Gasteiger partial charge in [-0.1, -0.05) is 18.2 Å². The van der Waals surface area contributed by atoms with Gasteiger partial charge in [0.15, 0.2) is 17.3 Å². The minimum absolute atomic E-state index is 0.264. The number of benzene rings is 2. The smallest absolute Gasteiger partial charge is 0.272 e. The number of carbonyl (C=O) groups is 1. The number of nitrogens with zero attached hydrogens (tertiary/aromatic N) is 2. The van der Waals surface area contributed by atoms with Crippen molar-refractivity contribution in [1.29, 1.82) is 0 Å². The van der Waals surface area contributed by atoms with E-state index in [4.69, 9.17) is 4.74 Å². The average molecular weight is 397 g/mol. The number of halogens is 2. The predicted octanol–water partition coefficient (Wildman–Crippen LogP) is 3.62. The van der Waals surface area contributed by atoms with Crippen LogP contribution in [-0.4, -0.2) is 29.3 Å². The first-order valence-corrected chi connectivity index (χ1v) is 9.54. The molecule has 1 heterocycles. The lowest BCUT2D eigenvalue weighted by molar-refractivity contribution is 0.0947. The number of hydrogen-bond acceptors (Lipinski definition) is 3. The van der Waals surface area contributed by atoms with Crippen LogP contribution in [0.2, 0.25) is 0 Å². The van der Waals surface area contributed by atoms with Crippen molar-refractivity contribution in [1.82, 2.24) is 15.1 Å². The average Bonchev–Trinajstić information content (AvgIpc) is 3.33. The number of nitrogens with one attached hydrogen (secondary N) is 1. The summed E-state index contributed by atoms with van der Waals surface area (Å²) in [5.74, 6) is -1.33. The van der Waals surface area contributed by atoms with Gasteiger partial charge < -0.3 is 10.1 Å². The number of methoxy groups -OCH3 is 1. The van der Waals surface area contributed by atoms with Crippen LogP contribution in [0.15, 0.2) is 42.5 Å². The molecule has 0 spiro atoms. The lowest BCUT2D eigenvalue weighted by Crippen LogP contribution is -2.27. The second-order valence-electron chi connectivity index (χ2n) is 6.96. The molecular formula is C22H21F2N3O2. The van der Waals surface area contributed by atoms with Crippen LogP contribution in [0, 0.1) is 11.6 Å². The highest BCUT2D eigenvalue weighted by Gasteiger charge is 2.27. The number of hydrogen-bond donors (Lipinski definition) is 1. The molecule has 1 aromatic heterocycles. The molecule has 150 valence electrons. The molecule has 0 saturated carbocycles. The van der Waals surface area contributed by atoms with Gasteiger partial charge in [-0.25, -0.2) is 13.5 Å². The van der Waals surface area contributed by atoms with E-state index in [-0.39, 0.29) is 5.91 Å². The molecule has 1 aliphatic rings. The number of fused-ring (bicyclic) bond motifs is 1. The molecule has 0 unspecified atom stereocenters. The lowest BCUT2D eigenvalue weighted by atomic mass is 10.1. The second-order valence-corrected chi connectivity index (χ2v) is 6.96. The highest BCUT2D eigenvalue weighted by atomic mass is 19.2. The van der Waals surface area contributed by atoms with E-state index in [0.29, 0.717) is 24.3 Å². The molecule has 29 heavy (non-hydrogen) atoms. The van der Waals surface area contributed by atoms with E-state index in [9.17, 15) is 13.6 Å². The van der Waals surface area contributed by atoms with Crippen LogP contribution in [0.25, 0.3) is 5.69 Å². The first-order valence-electron chi connectivity index (χ1n) is 9.54. The van der Waals surface area contributed by atoms with E-state index in [0.717, 1.165) is 54.0 Å². The molecule has 1 aliphatic carbocycles. The van der Waals surface area contributed by atoms with Crippen LogP contribution < -0.4 is 10.1 Å². The molecule has 0 fully saturated rings. The Kier molecular flexibility index (Phi) is 5.29. The van der Waals surface area contributed by atoms with Crippen molar-refractivity contribution in [2.24, 2.45) is 0 Å². The van der Waals surface area contributed by atoms with Gasteiger partial charge in [0.05, 0.1) is 12.8 Å². The van der Waals surface area contributed by atoms with E-state index in [1.807, 2.05) is 24.3 Å². The highest BCUT2D eigenvalue weighted by Crippen LogP contribution is 2.28. The van der Waals surface area contributed by atoms with Gasteiger partial charge >= 0.3 is 0 Å². The largest absolute Gasteiger partial charge is 0.496 e. The third kappa shape index (κ3) is 3.72. The molecule has 5 nitrogen and oxygen atoms in total. The molecular weight excluding hydrogens is 376 g/mol. The minimum atomic E-state index is -0.937. The topological polar surface area (TPSA) is 56.1 Å². The number of carbonyl (C=O) groups excluding carboxylic acids is 1. The van der Waals surface area contributed by atoms with Gasteiger partial charge in [-0.3, -0.25) is 4.79 Å². The Morgan fingerprint density at radius 3 is 2.79 bits per heavy atom. The Hall–Kier alpha value is -3.22. The predicted molar refractivity (Wildman–Crippen MR) is 105 cm³/mol. The fourth-order valence-electron chi connectivity index (χ4n) is 3.75. The summed E-state index contributed by atoms with van der Waals surface area (Å²) in [4.78, 5) is 12.8. The van der Waals surface area contributed by atoms with Gasteiger partial charge in [0.1, 0.15) is 5.75 Å². The van der Waals surface area contributed by atoms with E-state index in [1.54, 1.807) is 11.8 Å². The van der Waals surface area contributed by atoms with E-state index < -0.39 is 11.6 Å². The van der Waals surface area contributed by atoms with Crippen LogP contribution in [0.5, 0.6) is 5.75 Å². The highest BCUT2D eigenvalue weighted by molar-refractivity contribution is 5.94. The Bertz CT molecular complexity index is 1060. The van der Waals surface area contributed by atoms with Crippen LogP contribution in [0.3, 0.4) is 0 Å². The summed E-state index contributed by atoms with van der Waals surface area (Å²) < 4.78 is 33.8. The van der Waals surface area contributed by atoms with Crippen molar-refractivity contribution < 1.29 is 18.3 Å². The molecule has 1 N–H and O–H groups in total. The van der Waals surface area contributed by atoms with Crippen LogP contribution >= 0.6 is 0 Å². The normalized spacial score (nSPS) is 12.7. The molecule has 1 amide bonds. The summed E-state index contributed by atoms with van der Waals surface area (Å²) in [5, 5.41) is 7.33. The van der Waals surface area contributed by atoms with Gasteiger partial charge in [-0.2, -0.15) is 5.10 Å². The lowest BCUT2D eigenvalue weighted by Gasteiger charge is -2.09. The summed E-state index contributed by atoms with van der Waals surface area (Å²) >= 11 is 0. The van der Waals surface area contributed by atoms with Crippen molar-refractivity contribution >= 4 is 5.91 Å². The number of ether oxygens (including phenoxy) is 1. The van der Waals surface area contributed by atoms with Crippen LogP contribution in [0.4, 0.5) is 8.78 Å². The molecule has 0 saturated heterocycles. The van der Waals surface area contributed by atoms with Crippen molar-refractivity contribution in [3.8, 4) is 11.4 Å². The van der Waals surface area contributed by atoms with Crippen molar-refractivity contribution in [3.63, 3.8) is 0 Å². The zero-order chi connectivity index (χ0) is 20.4. The Morgan fingerprint density at radius 2 is 2.00 bits per heavy atom. The maximum atomic E-state index is 13.7. The molecule has 0 aliphatic heterocycles. The fourth-order valence-corrected chi connectivity index (χ4v) is 3.75. The zero-order valence-electron chi connectivity index (χ0n) is 16.0. The summed E-state index contributed by atoms with van der Waals surface area (Å²) in [6.07, 6.45) is 3.02. The molecule has 0 atom stereocenters. The first-order chi connectivity index (χ1) is 14.1. The zero-order valence-corrected chi connectivity index (χ0v) is 16.0. The fraction of sp³-hybridized carbons (Fsp3) is 0.273. The molecule has 4 rings (SSSR count). The number of amides is 1. The summed E-state index contributed by atoms with van der Waals surface area (Å²) in [7, 11) is 1.62. The standard InChI is InChI=1S/C22H21F2N3O2/c1-29-20-8-3-2-5-14(20)11-12-25-22(28)21-16-6-4-7-19(16)27(26-21)15-9-10-17(23)18(24)13-15/h2-3,5,8-10,13H,4,6-7,11-12H2,1H3,(H,25,28). The molecule has 3 aromatic rings. The molecule has 0 radical (unpaired) electrons. The van der Waals surface area contributed by atoms with Crippen molar-refractivity contribution in [2.75, 3.05) is 13.7 Å². The number of aromatic nitrogens is 2. The van der Waals surface area contributed by atoms with Crippen LogP contribution in [0.1, 0.15) is 33.7 Å². The van der Waals surface area contributed by atoms with Gasteiger partial charge in [0.25, 0.3) is 5.91 Å². The summed E-state index contributed by atoms with van der Waals surface area (Å²) in [5.41, 5.74) is 3.53. The SMILES string of the molecule is COc1ccccc1CCNC(=O)c1nn(-c2ccc(F)c(F)c2)c2c1CCC2. The Labute approximate surface area is 167 Å². The maximum Gasteiger partial charge on any atom is 0.272 e. The van der Waals surface area contributed by atoms with Crippen molar-refractivity contribution in [2.45, 2.75) is 25.7 Å². The van der Waals surface area contributed by atoms with Gasteiger partial charge in [-0.15, -0.1) is 0 Å². The van der Waals surface area contributed by atoms with Crippen molar-refractivity contribution in [3.05, 3.63) is 76.6 Å². The third-order valence-corrected chi connectivity index (χ3v) is 5.17. The van der Waals surface area contributed by atoms with E-state index >= 15 is 0 Å². The number of para-hydroxylation sites is 1. The molecule has 2 aromatic carbocycles. The van der Waals surface area contributed by atoms with Gasteiger partial charge in [0, 0.05) is 23.9 Å². The molecule has 7 heteroatoms. The maximum absolute atomic E-state index is 13.7. The summed E-state index contributed by atoms with van der Waals surface area (Å²) in [6.45, 7) is 0.437. The second kappa shape index (κ2) is 8.03. The third-order valence-electron chi connectivity index (χ3n) is 5.17. The van der Waals surface area contributed by atoms with Crippen LogP contribution in [-0.2, 0) is 19.3 Å². The quantitative estimate of drug-likeness (QED) is 0.691. The van der Waals surface area contributed by atoms with E-state index in [2.05, 4.69) is 10.4 Å². The minimum Gasteiger partial charge on any atom is -0.496 e. The van der Waals surface area contributed by atoms with Gasteiger partial charge in [-0.05, 0) is 49.4 Å². The Balaban J connectivity index is 1.52. The monoisotopic (exact) mass is 397 g/mol. The Morgan fingerprint density at radius 1 is 1.17 bits per heavy atom. The first kappa shape index (κ1) is 19.1. The van der Waals surface area contributed by atoms with Gasteiger partial charge in [0.2, 0.25) is 0 Å². The molecule has 0 bridgehead atoms. The number of rotatable bonds is 6. The summed E-state index contributed by atoms with van der Waals surface area (Å²) in [6, 6.07) is 11.3. The van der Waals surface area contributed by atoms with E-state index in [1.165, 1.54) is 6.07 Å².